The maximum Gasteiger partial charge on any atom is 0.337 e. The van der Waals surface area contributed by atoms with Gasteiger partial charge in [0, 0.05) is 18.6 Å². The van der Waals surface area contributed by atoms with Gasteiger partial charge in [0.1, 0.15) is 18.1 Å². The van der Waals surface area contributed by atoms with Crippen molar-refractivity contribution in [1.29, 1.82) is 0 Å². The van der Waals surface area contributed by atoms with Crippen molar-refractivity contribution in [2.24, 2.45) is 0 Å². The highest BCUT2D eigenvalue weighted by Gasteiger charge is 2.48. The predicted octanol–water partition coefficient (Wildman–Crippen LogP) is 0.201. The van der Waals surface area contributed by atoms with Crippen LogP contribution >= 0.6 is 0 Å². The molecule has 1 aromatic rings. The van der Waals surface area contributed by atoms with Crippen molar-refractivity contribution < 1.29 is 24.5 Å². The van der Waals surface area contributed by atoms with Crippen LogP contribution in [-0.4, -0.2) is 28.7 Å². The quantitative estimate of drug-likeness (QED) is 0.682. The second-order valence-corrected chi connectivity index (χ2v) is 3.86. The number of aromatic hydroxyl groups is 1. The normalized spacial score (nSPS) is 21.5. The van der Waals surface area contributed by atoms with E-state index < -0.39 is 17.4 Å². The molecule has 0 aromatic heterocycles. The van der Waals surface area contributed by atoms with Gasteiger partial charge in [0.2, 0.25) is 11.4 Å². The molecule has 3 N–H and O–H groups in total. The van der Waals surface area contributed by atoms with E-state index in [9.17, 15) is 19.8 Å². The fraction of sp³-hybridized carbons (Fsp3) is 0.273. The largest absolute Gasteiger partial charge is 0.508 e. The van der Waals surface area contributed by atoms with Crippen LogP contribution in [0.1, 0.15) is 12.5 Å². The summed E-state index contributed by atoms with van der Waals surface area (Å²) in [7, 11) is 0. The second-order valence-electron chi connectivity index (χ2n) is 3.86. The number of hydrogen-bond donors (Lipinski definition) is 3. The lowest BCUT2D eigenvalue weighted by Crippen LogP contribution is -2.52. The second kappa shape index (κ2) is 3.65. The van der Waals surface area contributed by atoms with Crippen LogP contribution in [0.4, 0.5) is 0 Å². The molecular formula is C11H11NO5. The number of amides is 1. The summed E-state index contributed by atoms with van der Waals surface area (Å²) >= 11 is 0. The predicted molar refractivity (Wildman–Crippen MR) is 56.7 cm³/mol. The highest BCUT2D eigenvalue weighted by Crippen LogP contribution is 2.39. The number of carboxylic acids is 1. The first-order valence-corrected chi connectivity index (χ1v) is 4.94. The summed E-state index contributed by atoms with van der Waals surface area (Å²) in [4.78, 5) is 22.5. The van der Waals surface area contributed by atoms with Gasteiger partial charge in [-0.1, -0.05) is 0 Å². The summed E-state index contributed by atoms with van der Waals surface area (Å²) < 4.78 is 5.20. The molecule has 1 amide bonds. The zero-order chi connectivity index (χ0) is 12.6. The molecule has 6 heteroatoms. The molecule has 0 fully saturated rings. The van der Waals surface area contributed by atoms with Crippen molar-refractivity contribution in [2.45, 2.75) is 12.5 Å². The van der Waals surface area contributed by atoms with E-state index in [-0.39, 0.29) is 18.1 Å². The van der Waals surface area contributed by atoms with Crippen molar-refractivity contribution in [1.82, 2.24) is 5.32 Å². The average molecular weight is 237 g/mol. The van der Waals surface area contributed by atoms with E-state index in [1.54, 1.807) is 0 Å². The number of benzene rings is 1. The zero-order valence-electron chi connectivity index (χ0n) is 9.06. The molecule has 0 saturated carbocycles. The number of phenolic OH excluding ortho intramolecular Hbond substituents is 1. The molecule has 0 aliphatic carbocycles. The number of carbonyl (C=O) groups is 2. The van der Waals surface area contributed by atoms with E-state index in [1.807, 2.05) is 0 Å². The van der Waals surface area contributed by atoms with Crippen LogP contribution in [0.25, 0.3) is 0 Å². The Hall–Kier alpha value is -2.24. The van der Waals surface area contributed by atoms with Gasteiger partial charge in [-0.3, -0.25) is 4.79 Å². The molecule has 0 radical (unpaired) electrons. The van der Waals surface area contributed by atoms with Crippen LogP contribution < -0.4 is 10.1 Å². The van der Waals surface area contributed by atoms with Gasteiger partial charge in [0.15, 0.2) is 0 Å². The lowest BCUT2D eigenvalue weighted by atomic mass is 9.92. The fourth-order valence-corrected chi connectivity index (χ4v) is 1.88. The Labute approximate surface area is 96.8 Å². The molecule has 1 aliphatic heterocycles. The third-order valence-electron chi connectivity index (χ3n) is 2.62. The van der Waals surface area contributed by atoms with Gasteiger partial charge in [-0.2, -0.15) is 0 Å². The number of carbonyl (C=O) groups excluding carboxylic acids is 1. The van der Waals surface area contributed by atoms with Crippen LogP contribution in [0, 0.1) is 0 Å². The molecule has 1 atom stereocenters. The Balaban J connectivity index is 2.53. The number of phenols is 1. The number of carboxylic acid groups (broad SMARTS) is 1. The summed E-state index contributed by atoms with van der Waals surface area (Å²) in [6, 6.07) is 4.11. The van der Waals surface area contributed by atoms with Gasteiger partial charge < -0.3 is 20.3 Å². The third-order valence-corrected chi connectivity index (χ3v) is 2.62. The van der Waals surface area contributed by atoms with Gasteiger partial charge >= 0.3 is 5.97 Å². The van der Waals surface area contributed by atoms with Crippen LogP contribution in [0.5, 0.6) is 11.5 Å². The molecule has 1 aliphatic rings. The molecule has 17 heavy (non-hydrogen) atoms. The Kier molecular flexibility index (Phi) is 2.42. The van der Waals surface area contributed by atoms with Crippen molar-refractivity contribution in [2.75, 3.05) is 6.61 Å². The van der Waals surface area contributed by atoms with Crippen molar-refractivity contribution >= 4 is 11.9 Å². The van der Waals surface area contributed by atoms with E-state index in [2.05, 4.69) is 5.32 Å². The number of rotatable bonds is 2. The Morgan fingerprint density at radius 3 is 2.76 bits per heavy atom. The van der Waals surface area contributed by atoms with Crippen LogP contribution in [0.3, 0.4) is 0 Å². The van der Waals surface area contributed by atoms with Gasteiger partial charge in [-0.25, -0.2) is 4.79 Å². The highest BCUT2D eigenvalue weighted by atomic mass is 16.5. The van der Waals surface area contributed by atoms with Crippen LogP contribution in [-0.2, 0) is 15.1 Å². The third kappa shape index (κ3) is 1.67. The molecule has 2 rings (SSSR count). The molecule has 0 spiro atoms. The topological polar surface area (TPSA) is 95.9 Å². The minimum absolute atomic E-state index is 0.0206. The molecule has 90 valence electrons. The Bertz CT molecular complexity index is 499. The van der Waals surface area contributed by atoms with E-state index in [4.69, 9.17) is 4.74 Å². The molecule has 1 heterocycles. The number of fused-ring (bicyclic) bond motifs is 1. The lowest BCUT2D eigenvalue weighted by Gasteiger charge is -2.23. The molecular weight excluding hydrogens is 226 g/mol. The summed E-state index contributed by atoms with van der Waals surface area (Å²) in [5.74, 6) is -1.41. The van der Waals surface area contributed by atoms with Crippen molar-refractivity contribution in [3.05, 3.63) is 23.8 Å². The molecule has 1 aromatic carbocycles. The van der Waals surface area contributed by atoms with Gasteiger partial charge in [-0.15, -0.1) is 0 Å². The molecule has 0 bridgehead atoms. The van der Waals surface area contributed by atoms with Crippen molar-refractivity contribution in [3.8, 4) is 11.5 Å². The summed E-state index contributed by atoms with van der Waals surface area (Å²) in [6.45, 7) is 1.05. The van der Waals surface area contributed by atoms with Crippen LogP contribution in [0.2, 0.25) is 0 Å². The SMILES string of the molecule is CC(=O)NC1(C(=O)O)COc2cc(O)ccc21. The van der Waals surface area contributed by atoms with E-state index in [0.717, 1.165) is 0 Å². The van der Waals surface area contributed by atoms with Crippen molar-refractivity contribution in [3.63, 3.8) is 0 Å². The average Bonchev–Trinajstić information content (AvgIpc) is 2.57. The van der Waals surface area contributed by atoms with E-state index in [1.165, 1.54) is 25.1 Å². The number of hydrogen-bond acceptors (Lipinski definition) is 4. The number of ether oxygens (including phenoxy) is 1. The minimum atomic E-state index is -1.57. The monoisotopic (exact) mass is 237 g/mol. The molecule has 1 unspecified atom stereocenters. The first kappa shape index (κ1) is 11.3. The number of aliphatic carboxylic acids is 1. The Morgan fingerprint density at radius 2 is 2.18 bits per heavy atom. The van der Waals surface area contributed by atoms with Crippen LogP contribution in [0.15, 0.2) is 18.2 Å². The number of nitrogens with one attached hydrogen (secondary N) is 1. The minimum Gasteiger partial charge on any atom is -0.508 e. The lowest BCUT2D eigenvalue weighted by molar-refractivity contribution is -0.148. The standard InChI is InChI=1S/C11H11NO5/c1-6(13)12-11(10(15)16)5-17-9-4-7(14)2-3-8(9)11/h2-4,14H,5H2,1H3,(H,12,13)(H,15,16). The summed E-state index contributed by atoms with van der Waals surface area (Å²) in [6.07, 6.45) is 0. The smallest absolute Gasteiger partial charge is 0.337 e. The Morgan fingerprint density at radius 1 is 1.47 bits per heavy atom. The molecule has 6 nitrogen and oxygen atoms in total. The highest BCUT2D eigenvalue weighted by molar-refractivity contribution is 5.89. The molecule has 0 saturated heterocycles. The van der Waals surface area contributed by atoms with E-state index in [0.29, 0.717) is 5.56 Å². The maximum atomic E-state index is 11.3. The zero-order valence-corrected chi connectivity index (χ0v) is 9.06. The van der Waals surface area contributed by atoms with E-state index >= 15 is 0 Å². The first-order valence-electron chi connectivity index (χ1n) is 4.94. The van der Waals surface area contributed by atoms with Gasteiger partial charge in [-0.05, 0) is 12.1 Å². The van der Waals surface area contributed by atoms with Gasteiger partial charge in [0.25, 0.3) is 0 Å². The summed E-state index contributed by atoms with van der Waals surface area (Å²) in [5.41, 5.74) is -1.24. The maximum absolute atomic E-state index is 11.3. The van der Waals surface area contributed by atoms with Gasteiger partial charge in [0.05, 0.1) is 0 Å². The first-order chi connectivity index (χ1) is 7.95. The summed E-state index contributed by atoms with van der Waals surface area (Å²) in [5, 5.41) is 20.9. The fourth-order valence-electron chi connectivity index (χ4n) is 1.88.